The second-order valence-electron chi connectivity index (χ2n) is 4.34. The van der Waals surface area contributed by atoms with Crippen LogP contribution in [0.2, 0.25) is 0 Å². The van der Waals surface area contributed by atoms with E-state index >= 15 is 0 Å². The number of hydrazine groups is 1. The van der Waals surface area contributed by atoms with Gasteiger partial charge in [0.2, 0.25) is 10.0 Å². The van der Waals surface area contributed by atoms with E-state index in [2.05, 4.69) is 0 Å². The van der Waals surface area contributed by atoms with Crippen LogP contribution in [0, 0.1) is 0 Å². The second-order valence-corrected chi connectivity index (χ2v) is 6.06. The number of rotatable bonds is 3. The summed E-state index contributed by atoms with van der Waals surface area (Å²) in [7, 11) is 4.10. The molecule has 7 heteroatoms. The third-order valence-electron chi connectivity index (χ3n) is 2.87. The minimum Gasteiger partial charge on any atom is -0.308 e. The van der Waals surface area contributed by atoms with Crippen LogP contribution in [0.25, 0.3) is 0 Å². The van der Waals surface area contributed by atoms with Gasteiger partial charge in [-0.15, -0.1) is 0 Å². The number of nitrogens with zero attached hydrogens (tertiary/aromatic N) is 3. The van der Waals surface area contributed by atoms with Gasteiger partial charge in [-0.2, -0.15) is 0 Å². The zero-order valence-corrected chi connectivity index (χ0v) is 10.5. The molecule has 0 radical (unpaired) electrons. The highest BCUT2D eigenvalue weighted by atomic mass is 32.2. The van der Waals surface area contributed by atoms with Gasteiger partial charge in [-0.25, -0.2) is 23.6 Å². The normalized spacial score (nSPS) is 30.3. The molecule has 1 aliphatic heterocycles. The van der Waals surface area contributed by atoms with E-state index in [1.807, 2.05) is 31.1 Å². The average molecular weight is 236 g/mol. The van der Waals surface area contributed by atoms with E-state index in [-0.39, 0.29) is 6.04 Å². The van der Waals surface area contributed by atoms with E-state index in [1.54, 1.807) is 12.1 Å². The number of nitrogens with two attached hydrogens (primary N) is 1. The fourth-order valence-corrected chi connectivity index (χ4v) is 3.02. The lowest BCUT2D eigenvalue weighted by Crippen LogP contribution is -2.44. The Hall–Kier alpha value is -0.210. The molecule has 1 fully saturated rings. The lowest BCUT2D eigenvalue weighted by atomic mass is 10.2. The van der Waals surface area contributed by atoms with Crippen LogP contribution in [0.5, 0.6) is 0 Å². The summed E-state index contributed by atoms with van der Waals surface area (Å²) in [6.45, 7) is 0.826. The maximum atomic E-state index is 11.3. The van der Waals surface area contributed by atoms with Crippen molar-refractivity contribution in [3.63, 3.8) is 0 Å². The smallest absolute Gasteiger partial charge is 0.226 e. The molecule has 2 unspecified atom stereocenters. The lowest BCUT2D eigenvalue weighted by Gasteiger charge is -2.27. The summed E-state index contributed by atoms with van der Waals surface area (Å²) in [5, 5.41) is 8.22. The van der Waals surface area contributed by atoms with Gasteiger partial charge in [-0.1, -0.05) is 0 Å². The molecule has 2 atom stereocenters. The predicted octanol–water partition coefficient (Wildman–Crippen LogP) is -1.29. The number of hydrogen-bond acceptors (Lipinski definition) is 5. The maximum absolute atomic E-state index is 11.3. The minimum absolute atomic E-state index is 0.202. The van der Waals surface area contributed by atoms with E-state index in [1.165, 1.54) is 0 Å². The van der Waals surface area contributed by atoms with Crippen molar-refractivity contribution in [3.05, 3.63) is 0 Å². The van der Waals surface area contributed by atoms with Crippen LogP contribution in [0.1, 0.15) is 6.42 Å². The molecule has 0 aromatic rings. The van der Waals surface area contributed by atoms with Crippen molar-refractivity contribution < 1.29 is 8.42 Å². The van der Waals surface area contributed by atoms with Crippen LogP contribution in [-0.2, 0) is 10.0 Å². The molecular weight excluding hydrogens is 216 g/mol. The maximum Gasteiger partial charge on any atom is 0.226 e. The first-order chi connectivity index (χ1) is 6.73. The molecule has 0 aromatic heterocycles. The number of sulfonamides is 1. The van der Waals surface area contributed by atoms with Crippen molar-refractivity contribution in [1.82, 2.24) is 14.9 Å². The highest BCUT2D eigenvalue weighted by Gasteiger charge is 2.40. The second kappa shape index (κ2) is 4.34. The molecule has 1 heterocycles. The van der Waals surface area contributed by atoms with Gasteiger partial charge in [-0.3, -0.25) is 0 Å². The van der Waals surface area contributed by atoms with Crippen molar-refractivity contribution in [1.29, 1.82) is 0 Å². The van der Waals surface area contributed by atoms with Crippen molar-refractivity contribution >= 4 is 10.0 Å². The summed E-state index contributed by atoms with van der Waals surface area (Å²) >= 11 is 0. The summed E-state index contributed by atoms with van der Waals surface area (Å²) in [4.78, 5) is 2.04. The Morgan fingerprint density at radius 2 is 1.87 bits per heavy atom. The van der Waals surface area contributed by atoms with Crippen LogP contribution in [0.4, 0.5) is 0 Å². The lowest BCUT2D eigenvalue weighted by molar-refractivity contribution is 0.0360. The Morgan fingerprint density at radius 3 is 2.20 bits per heavy atom. The molecule has 6 nitrogen and oxygen atoms in total. The van der Waals surface area contributed by atoms with Crippen LogP contribution >= 0.6 is 0 Å². The summed E-state index contributed by atoms with van der Waals surface area (Å²) in [5.74, 6) is 0. The Morgan fingerprint density at radius 1 is 1.33 bits per heavy atom. The van der Waals surface area contributed by atoms with Crippen molar-refractivity contribution in [2.45, 2.75) is 17.8 Å². The van der Waals surface area contributed by atoms with Gasteiger partial charge in [0.1, 0.15) is 5.37 Å². The quantitative estimate of drug-likeness (QED) is 0.660. The van der Waals surface area contributed by atoms with Crippen molar-refractivity contribution in [2.24, 2.45) is 5.14 Å². The number of hydrogen-bond donors (Lipinski definition) is 1. The third-order valence-corrected chi connectivity index (χ3v) is 4.13. The first-order valence-corrected chi connectivity index (χ1v) is 6.46. The van der Waals surface area contributed by atoms with Crippen LogP contribution in [0.3, 0.4) is 0 Å². The molecule has 0 bridgehead atoms. The van der Waals surface area contributed by atoms with Gasteiger partial charge in [0.25, 0.3) is 0 Å². The molecule has 2 N–H and O–H groups in total. The molecule has 1 saturated heterocycles. The first kappa shape index (κ1) is 12.9. The van der Waals surface area contributed by atoms with Gasteiger partial charge in [0.05, 0.1) is 0 Å². The SMILES string of the molecule is CN(C)CC1CC(S(N)(=O)=O)N(C)N1C. The van der Waals surface area contributed by atoms with Crippen molar-refractivity contribution in [3.8, 4) is 0 Å². The highest BCUT2D eigenvalue weighted by molar-refractivity contribution is 7.89. The molecule has 0 aliphatic carbocycles. The molecule has 15 heavy (non-hydrogen) atoms. The van der Waals surface area contributed by atoms with E-state index < -0.39 is 15.4 Å². The summed E-state index contributed by atoms with van der Waals surface area (Å²) in [5.41, 5.74) is 0. The summed E-state index contributed by atoms with van der Waals surface area (Å²) < 4.78 is 22.6. The van der Waals surface area contributed by atoms with Crippen molar-refractivity contribution in [2.75, 3.05) is 34.7 Å². The topological polar surface area (TPSA) is 69.9 Å². The predicted molar refractivity (Wildman–Crippen MR) is 59.4 cm³/mol. The Kier molecular flexibility index (Phi) is 3.72. The van der Waals surface area contributed by atoms with Crippen LogP contribution in [0.15, 0.2) is 0 Å². The van der Waals surface area contributed by atoms with Gasteiger partial charge in [-0.05, 0) is 20.5 Å². The standard InChI is InChI=1S/C8H20N4O2S/c1-10(2)6-7-5-8(15(9,13)14)12(4)11(7)3/h7-8H,5-6H2,1-4H3,(H2,9,13,14). The van der Waals surface area contributed by atoms with E-state index in [0.29, 0.717) is 6.42 Å². The van der Waals surface area contributed by atoms with Gasteiger partial charge in [0.15, 0.2) is 0 Å². The monoisotopic (exact) mass is 236 g/mol. The zero-order valence-electron chi connectivity index (χ0n) is 9.71. The summed E-state index contributed by atoms with van der Waals surface area (Å²) in [6.07, 6.45) is 0.560. The fourth-order valence-electron chi connectivity index (χ4n) is 1.96. The van der Waals surface area contributed by atoms with E-state index in [4.69, 9.17) is 5.14 Å². The molecular formula is C8H20N4O2S. The molecule has 0 amide bonds. The third kappa shape index (κ3) is 2.88. The van der Waals surface area contributed by atoms with Gasteiger partial charge < -0.3 is 4.90 Å². The highest BCUT2D eigenvalue weighted by Crippen LogP contribution is 2.24. The molecule has 0 aromatic carbocycles. The molecule has 90 valence electrons. The Labute approximate surface area is 91.6 Å². The molecule has 0 spiro atoms. The summed E-state index contributed by atoms with van der Waals surface area (Å²) in [6, 6.07) is 0.202. The zero-order chi connectivity index (χ0) is 11.8. The Balaban J connectivity index is 2.76. The number of likely N-dealkylation sites (N-methyl/N-ethyl adjacent to an activating group) is 2. The molecule has 0 saturated carbocycles. The van der Waals surface area contributed by atoms with E-state index in [0.717, 1.165) is 6.54 Å². The fraction of sp³-hybridized carbons (Fsp3) is 1.00. The van der Waals surface area contributed by atoms with Crippen LogP contribution < -0.4 is 5.14 Å². The van der Waals surface area contributed by atoms with Gasteiger partial charge >= 0.3 is 0 Å². The Bertz CT molecular complexity index is 317. The van der Waals surface area contributed by atoms with E-state index in [9.17, 15) is 8.42 Å². The van der Waals surface area contributed by atoms with Gasteiger partial charge in [0, 0.05) is 26.7 Å². The minimum atomic E-state index is -3.49. The van der Waals surface area contributed by atoms with Crippen LogP contribution in [-0.4, -0.2) is 69.5 Å². The molecule has 1 aliphatic rings. The largest absolute Gasteiger partial charge is 0.308 e. The molecule has 1 rings (SSSR count). The number of primary sulfonamides is 1. The first-order valence-electron chi connectivity index (χ1n) is 4.85. The average Bonchev–Trinajstić information content (AvgIpc) is 2.30.